The number of halogens is 6. The van der Waals surface area contributed by atoms with E-state index in [4.69, 9.17) is 40.5 Å². The van der Waals surface area contributed by atoms with Gasteiger partial charge in [-0.3, -0.25) is 0 Å². The fraction of sp³-hybridized carbons (Fsp3) is 0.143. The van der Waals surface area contributed by atoms with Gasteiger partial charge in [0.15, 0.2) is 0 Å². The zero-order valence-corrected chi connectivity index (χ0v) is 13.1. The van der Waals surface area contributed by atoms with Crippen molar-refractivity contribution in [2.75, 3.05) is 0 Å². The third-order valence-electron chi connectivity index (χ3n) is 2.83. The van der Waals surface area contributed by atoms with Gasteiger partial charge in [0.05, 0.1) is 16.1 Å². The Balaban J connectivity index is 2.29. The van der Waals surface area contributed by atoms with E-state index in [2.05, 4.69) is 4.74 Å². The summed E-state index contributed by atoms with van der Waals surface area (Å²) in [7, 11) is 0. The molecule has 8 heteroatoms. The van der Waals surface area contributed by atoms with Gasteiger partial charge in [0.1, 0.15) is 5.75 Å². The minimum Gasteiger partial charge on any atom is -0.406 e. The molecule has 22 heavy (non-hydrogen) atoms. The molecule has 0 aliphatic rings. The van der Waals surface area contributed by atoms with Crippen molar-refractivity contribution in [2.45, 2.75) is 12.4 Å². The minimum absolute atomic E-state index is 0.245. The molecule has 2 nitrogen and oxygen atoms in total. The van der Waals surface area contributed by atoms with Gasteiger partial charge < -0.3 is 10.5 Å². The van der Waals surface area contributed by atoms with Gasteiger partial charge in [-0.15, -0.1) is 13.2 Å². The van der Waals surface area contributed by atoms with E-state index in [1.807, 2.05) is 0 Å². The van der Waals surface area contributed by atoms with E-state index in [0.717, 1.165) is 0 Å². The Labute approximate surface area is 139 Å². The van der Waals surface area contributed by atoms with Crippen LogP contribution in [0.5, 0.6) is 5.75 Å². The standard InChI is InChI=1S/C14H9Cl3F3NO/c15-8-5-10(12(17)11(16)6-8)13(21)7-1-3-9(4-2-7)22-14(18,19)20/h1-6,13H,21H2/t13-/m0/s1. The molecule has 0 bridgehead atoms. The first kappa shape index (κ1) is 17.2. The summed E-state index contributed by atoms with van der Waals surface area (Å²) in [6.07, 6.45) is -4.74. The first-order chi connectivity index (χ1) is 10.2. The summed E-state index contributed by atoms with van der Waals surface area (Å²) in [6, 6.07) is 7.51. The van der Waals surface area contributed by atoms with Crippen molar-refractivity contribution in [3.63, 3.8) is 0 Å². The van der Waals surface area contributed by atoms with Crippen LogP contribution in [0.15, 0.2) is 36.4 Å². The van der Waals surface area contributed by atoms with Gasteiger partial charge in [-0.05, 0) is 35.4 Å². The fourth-order valence-corrected chi connectivity index (χ4v) is 2.59. The molecule has 0 heterocycles. The molecule has 0 saturated heterocycles. The molecule has 1 atom stereocenters. The lowest BCUT2D eigenvalue weighted by Crippen LogP contribution is -2.17. The molecule has 2 aromatic rings. The molecule has 0 aliphatic carbocycles. The van der Waals surface area contributed by atoms with Crippen LogP contribution in [0.3, 0.4) is 0 Å². The highest BCUT2D eigenvalue weighted by atomic mass is 35.5. The average molecular weight is 371 g/mol. The summed E-state index contributed by atoms with van der Waals surface area (Å²) in [4.78, 5) is 0. The highest BCUT2D eigenvalue weighted by Gasteiger charge is 2.31. The quantitative estimate of drug-likeness (QED) is 0.714. The van der Waals surface area contributed by atoms with E-state index in [9.17, 15) is 13.2 Å². The van der Waals surface area contributed by atoms with Crippen molar-refractivity contribution in [2.24, 2.45) is 5.73 Å². The lowest BCUT2D eigenvalue weighted by Gasteiger charge is -2.16. The summed E-state index contributed by atoms with van der Waals surface area (Å²) < 4.78 is 40.1. The van der Waals surface area contributed by atoms with Gasteiger partial charge in [-0.25, -0.2) is 0 Å². The second-order valence-electron chi connectivity index (χ2n) is 4.39. The highest BCUT2D eigenvalue weighted by molar-refractivity contribution is 6.43. The van der Waals surface area contributed by atoms with Crippen LogP contribution in [0.1, 0.15) is 17.2 Å². The third kappa shape index (κ3) is 4.20. The van der Waals surface area contributed by atoms with Crippen LogP contribution in [-0.2, 0) is 0 Å². The summed E-state index contributed by atoms with van der Waals surface area (Å²) in [5.41, 5.74) is 7.08. The maximum absolute atomic E-state index is 12.1. The molecule has 118 valence electrons. The molecular weight excluding hydrogens is 362 g/mol. The maximum Gasteiger partial charge on any atom is 0.573 e. The zero-order chi connectivity index (χ0) is 16.5. The van der Waals surface area contributed by atoms with Crippen LogP contribution in [0.4, 0.5) is 13.2 Å². The molecule has 0 saturated carbocycles. The van der Waals surface area contributed by atoms with Gasteiger partial charge in [0.25, 0.3) is 0 Å². The molecule has 2 N–H and O–H groups in total. The Morgan fingerprint density at radius 3 is 2.14 bits per heavy atom. The second kappa shape index (κ2) is 6.54. The van der Waals surface area contributed by atoms with E-state index in [0.29, 0.717) is 16.1 Å². The SMILES string of the molecule is N[C@@H](c1ccc(OC(F)(F)F)cc1)c1cc(Cl)cc(Cl)c1Cl. The Kier molecular flexibility index (Phi) is 5.12. The Bertz CT molecular complexity index is 674. The fourth-order valence-electron chi connectivity index (χ4n) is 1.86. The van der Waals surface area contributed by atoms with Gasteiger partial charge in [-0.2, -0.15) is 0 Å². The molecule has 0 unspecified atom stereocenters. The van der Waals surface area contributed by atoms with Crippen molar-refractivity contribution >= 4 is 34.8 Å². The van der Waals surface area contributed by atoms with Gasteiger partial charge in [0, 0.05) is 5.02 Å². The van der Waals surface area contributed by atoms with Crippen LogP contribution in [0, 0.1) is 0 Å². The number of ether oxygens (including phenoxy) is 1. The molecule has 0 spiro atoms. The van der Waals surface area contributed by atoms with Crippen LogP contribution in [0.2, 0.25) is 15.1 Å². The molecular formula is C14H9Cl3F3NO. The second-order valence-corrected chi connectivity index (χ2v) is 5.61. The first-order valence-corrected chi connectivity index (χ1v) is 7.06. The summed E-state index contributed by atoms with van der Waals surface area (Å²) in [5.74, 6) is -0.335. The molecule has 0 radical (unpaired) electrons. The van der Waals surface area contributed by atoms with Crippen molar-refractivity contribution in [1.29, 1.82) is 0 Å². The Morgan fingerprint density at radius 1 is 1.00 bits per heavy atom. The van der Waals surface area contributed by atoms with E-state index in [1.165, 1.54) is 30.3 Å². The normalized spacial score (nSPS) is 13.0. The predicted octanol–water partition coefficient (Wildman–Crippen LogP) is 5.59. The first-order valence-electron chi connectivity index (χ1n) is 5.93. The average Bonchev–Trinajstić information content (AvgIpc) is 2.41. The van der Waals surface area contributed by atoms with Crippen LogP contribution < -0.4 is 10.5 Å². The third-order valence-corrected chi connectivity index (χ3v) is 3.86. The summed E-state index contributed by atoms with van der Waals surface area (Å²) in [5, 5.41) is 0.850. The van der Waals surface area contributed by atoms with Crippen molar-refractivity contribution in [1.82, 2.24) is 0 Å². The van der Waals surface area contributed by atoms with Crippen molar-refractivity contribution < 1.29 is 17.9 Å². The smallest absolute Gasteiger partial charge is 0.406 e. The molecule has 2 rings (SSSR count). The minimum atomic E-state index is -4.74. The monoisotopic (exact) mass is 369 g/mol. The molecule has 2 aromatic carbocycles. The van der Waals surface area contributed by atoms with E-state index in [-0.39, 0.29) is 15.8 Å². The molecule has 0 aliphatic heterocycles. The zero-order valence-electron chi connectivity index (χ0n) is 10.8. The van der Waals surface area contributed by atoms with Crippen molar-refractivity contribution in [3.05, 3.63) is 62.6 Å². The summed E-state index contributed by atoms with van der Waals surface area (Å²) in [6.45, 7) is 0. The molecule has 0 fully saturated rings. The largest absolute Gasteiger partial charge is 0.573 e. The van der Waals surface area contributed by atoms with Crippen LogP contribution in [-0.4, -0.2) is 6.36 Å². The molecule has 0 amide bonds. The van der Waals surface area contributed by atoms with Crippen LogP contribution >= 0.6 is 34.8 Å². The van der Waals surface area contributed by atoms with Gasteiger partial charge >= 0.3 is 6.36 Å². The highest BCUT2D eigenvalue weighted by Crippen LogP contribution is 2.35. The number of benzene rings is 2. The number of hydrogen-bond donors (Lipinski definition) is 1. The number of hydrogen-bond acceptors (Lipinski definition) is 2. The number of alkyl halides is 3. The summed E-state index contributed by atoms with van der Waals surface area (Å²) >= 11 is 17.9. The van der Waals surface area contributed by atoms with E-state index >= 15 is 0 Å². The predicted molar refractivity (Wildman–Crippen MR) is 80.6 cm³/mol. The maximum atomic E-state index is 12.1. The van der Waals surface area contributed by atoms with Gasteiger partial charge in [-0.1, -0.05) is 46.9 Å². The van der Waals surface area contributed by atoms with E-state index < -0.39 is 12.4 Å². The van der Waals surface area contributed by atoms with Crippen LogP contribution in [0.25, 0.3) is 0 Å². The number of nitrogens with two attached hydrogens (primary N) is 1. The Morgan fingerprint density at radius 2 is 1.59 bits per heavy atom. The molecule has 0 aromatic heterocycles. The lowest BCUT2D eigenvalue weighted by atomic mass is 9.99. The van der Waals surface area contributed by atoms with Crippen molar-refractivity contribution in [3.8, 4) is 5.75 Å². The Hall–Kier alpha value is -1.14. The topological polar surface area (TPSA) is 35.2 Å². The van der Waals surface area contributed by atoms with E-state index in [1.54, 1.807) is 6.07 Å². The lowest BCUT2D eigenvalue weighted by molar-refractivity contribution is -0.274. The van der Waals surface area contributed by atoms with Gasteiger partial charge in [0.2, 0.25) is 0 Å². The number of rotatable bonds is 3.